The van der Waals surface area contributed by atoms with Crippen LogP contribution in [0.3, 0.4) is 0 Å². The first kappa shape index (κ1) is 18.9. The molecule has 0 saturated carbocycles. The fourth-order valence-electron chi connectivity index (χ4n) is 2.69. The largest absolute Gasteiger partial charge is 0.480 e. The van der Waals surface area contributed by atoms with Crippen molar-refractivity contribution in [3.63, 3.8) is 0 Å². The number of amides is 1. The Hall–Kier alpha value is -2.86. The predicted octanol–water partition coefficient (Wildman–Crippen LogP) is 3.53. The van der Waals surface area contributed by atoms with Crippen molar-refractivity contribution < 1.29 is 14.7 Å². The van der Waals surface area contributed by atoms with E-state index in [2.05, 4.69) is 10.3 Å². The number of nitrogens with zero attached hydrogens (tertiary/aromatic N) is 1. The van der Waals surface area contributed by atoms with E-state index in [1.54, 1.807) is 0 Å². The predicted molar refractivity (Wildman–Crippen MR) is 107 cm³/mol. The molecular weight excluding hydrogens is 360 g/mol. The van der Waals surface area contributed by atoms with E-state index >= 15 is 0 Å². The van der Waals surface area contributed by atoms with Crippen molar-refractivity contribution in [1.29, 1.82) is 0 Å². The number of hydrogen-bond acceptors (Lipinski definition) is 4. The molecule has 2 aromatic carbocycles. The van der Waals surface area contributed by atoms with Crippen LogP contribution < -0.4 is 5.32 Å². The summed E-state index contributed by atoms with van der Waals surface area (Å²) in [7, 11) is 0. The van der Waals surface area contributed by atoms with E-state index in [9.17, 15) is 14.7 Å². The fourth-order valence-corrected chi connectivity index (χ4v) is 3.58. The highest BCUT2D eigenvalue weighted by molar-refractivity contribution is 7.99. The fraction of sp³-hybridized carbons (Fsp3) is 0.190. The summed E-state index contributed by atoms with van der Waals surface area (Å²) in [4.78, 5) is 28.1. The Morgan fingerprint density at radius 3 is 2.52 bits per heavy atom. The van der Waals surface area contributed by atoms with E-state index in [1.807, 2.05) is 66.7 Å². The monoisotopic (exact) mass is 380 g/mol. The third-order valence-corrected chi connectivity index (χ3v) is 5.03. The number of nitrogens with one attached hydrogen (secondary N) is 1. The minimum atomic E-state index is -1.02. The number of carboxylic acid groups (broad SMARTS) is 1. The lowest BCUT2D eigenvalue weighted by Gasteiger charge is -2.14. The summed E-state index contributed by atoms with van der Waals surface area (Å²) in [6, 6.07) is 20.1. The molecule has 2 N–H and O–H groups in total. The molecule has 138 valence electrons. The Bertz CT molecular complexity index is 931. The minimum Gasteiger partial charge on any atom is -0.480 e. The Morgan fingerprint density at radius 2 is 1.74 bits per heavy atom. The first-order valence-electron chi connectivity index (χ1n) is 8.66. The third kappa shape index (κ3) is 5.56. The summed E-state index contributed by atoms with van der Waals surface area (Å²) in [5.74, 6) is -0.764. The van der Waals surface area contributed by atoms with Gasteiger partial charge in [0.2, 0.25) is 5.91 Å². The SMILES string of the molecule is O=C(Cc1ccccc1)N[C@@H](CCSc1ccc2ccccc2n1)C(=O)O. The number of thioether (sulfide) groups is 1. The van der Waals surface area contributed by atoms with E-state index in [-0.39, 0.29) is 12.3 Å². The minimum absolute atomic E-state index is 0.171. The first-order chi connectivity index (χ1) is 13.1. The number of carbonyl (C=O) groups excluding carboxylic acids is 1. The van der Waals surface area contributed by atoms with Crippen LogP contribution in [-0.4, -0.2) is 33.8 Å². The van der Waals surface area contributed by atoms with Gasteiger partial charge in [-0.15, -0.1) is 11.8 Å². The molecule has 5 nitrogen and oxygen atoms in total. The molecule has 1 atom stereocenters. The molecule has 0 aliphatic carbocycles. The van der Waals surface area contributed by atoms with Crippen molar-refractivity contribution in [2.75, 3.05) is 5.75 Å². The molecule has 0 fully saturated rings. The zero-order chi connectivity index (χ0) is 19.1. The van der Waals surface area contributed by atoms with Crippen LogP contribution in [0.2, 0.25) is 0 Å². The van der Waals surface area contributed by atoms with Gasteiger partial charge in [-0.05, 0) is 24.1 Å². The van der Waals surface area contributed by atoms with Gasteiger partial charge in [0.25, 0.3) is 0 Å². The summed E-state index contributed by atoms with van der Waals surface area (Å²) in [6.45, 7) is 0. The maximum absolute atomic E-state index is 12.1. The van der Waals surface area contributed by atoms with Crippen LogP contribution in [0.15, 0.2) is 71.8 Å². The summed E-state index contributed by atoms with van der Waals surface area (Å²) in [5, 5.41) is 13.9. The smallest absolute Gasteiger partial charge is 0.326 e. The number of rotatable bonds is 8. The van der Waals surface area contributed by atoms with E-state index in [0.717, 1.165) is 21.5 Å². The molecule has 1 amide bonds. The zero-order valence-electron chi connectivity index (χ0n) is 14.7. The van der Waals surface area contributed by atoms with Crippen LogP contribution >= 0.6 is 11.8 Å². The average molecular weight is 380 g/mol. The van der Waals surface area contributed by atoms with Crippen molar-refractivity contribution in [3.8, 4) is 0 Å². The van der Waals surface area contributed by atoms with Crippen LogP contribution in [0.5, 0.6) is 0 Å². The van der Waals surface area contributed by atoms with Gasteiger partial charge >= 0.3 is 5.97 Å². The van der Waals surface area contributed by atoms with Crippen molar-refractivity contribution >= 4 is 34.5 Å². The number of carboxylic acids is 1. The molecule has 3 aromatic rings. The molecule has 0 radical (unpaired) electrons. The molecule has 3 rings (SSSR count). The van der Waals surface area contributed by atoms with Crippen LogP contribution in [-0.2, 0) is 16.0 Å². The van der Waals surface area contributed by atoms with E-state index < -0.39 is 12.0 Å². The number of aliphatic carboxylic acids is 1. The van der Waals surface area contributed by atoms with Gasteiger partial charge in [-0.25, -0.2) is 9.78 Å². The van der Waals surface area contributed by atoms with E-state index in [1.165, 1.54) is 11.8 Å². The highest BCUT2D eigenvalue weighted by atomic mass is 32.2. The van der Waals surface area contributed by atoms with E-state index in [0.29, 0.717) is 12.2 Å². The van der Waals surface area contributed by atoms with E-state index in [4.69, 9.17) is 0 Å². The van der Waals surface area contributed by atoms with Gasteiger partial charge in [0, 0.05) is 11.1 Å². The second-order valence-corrected chi connectivity index (χ2v) is 7.22. The molecule has 0 unspecified atom stereocenters. The number of aromatic nitrogens is 1. The molecular formula is C21H20N2O3S. The van der Waals surface area contributed by atoms with Gasteiger partial charge in [-0.3, -0.25) is 4.79 Å². The molecule has 27 heavy (non-hydrogen) atoms. The number of para-hydroxylation sites is 1. The summed E-state index contributed by atoms with van der Waals surface area (Å²) < 4.78 is 0. The van der Waals surface area contributed by atoms with Crippen LogP contribution in [0, 0.1) is 0 Å². The molecule has 6 heteroatoms. The zero-order valence-corrected chi connectivity index (χ0v) is 15.5. The Balaban J connectivity index is 1.53. The maximum Gasteiger partial charge on any atom is 0.326 e. The molecule has 0 bridgehead atoms. The normalized spacial score (nSPS) is 11.9. The number of carbonyl (C=O) groups is 2. The summed E-state index contributed by atoms with van der Waals surface area (Å²) in [6.07, 6.45) is 0.499. The van der Waals surface area contributed by atoms with Crippen molar-refractivity contribution in [3.05, 3.63) is 72.3 Å². The quantitative estimate of drug-likeness (QED) is 0.585. The van der Waals surface area contributed by atoms with Crippen molar-refractivity contribution in [2.45, 2.75) is 23.9 Å². The van der Waals surface area contributed by atoms with Crippen molar-refractivity contribution in [1.82, 2.24) is 10.3 Å². The lowest BCUT2D eigenvalue weighted by molar-refractivity contribution is -0.141. The van der Waals surface area contributed by atoms with Crippen LogP contribution in [0.1, 0.15) is 12.0 Å². The molecule has 0 spiro atoms. The number of hydrogen-bond donors (Lipinski definition) is 2. The summed E-state index contributed by atoms with van der Waals surface area (Å²) >= 11 is 1.49. The highest BCUT2D eigenvalue weighted by Gasteiger charge is 2.19. The second kappa shape index (κ2) is 9.19. The third-order valence-electron chi connectivity index (χ3n) is 4.07. The first-order valence-corrected chi connectivity index (χ1v) is 9.65. The highest BCUT2D eigenvalue weighted by Crippen LogP contribution is 2.21. The van der Waals surface area contributed by atoms with Gasteiger partial charge < -0.3 is 10.4 Å². The Kier molecular flexibility index (Phi) is 6.44. The molecule has 0 aliphatic heterocycles. The lowest BCUT2D eigenvalue weighted by atomic mass is 10.1. The molecule has 1 heterocycles. The topological polar surface area (TPSA) is 79.3 Å². The van der Waals surface area contributed by atoms with Crippen LogP contribution in [0.25, 0.3) is 10.9 Å². The van der Waals surface area contributed by atoms with Gasteiger partial charge in [0.15, 0.2) is 0 Å². The molecule has 0 aliphatic rings. The molecule has 1 aromatic heterocycles. The van der Waals surface area contributed by atoms with Gasteiger partial charge in [0.05, 0.1) is 17.0 Å². The van der Waals surface area contributed by atoms with Crippen molar-refractivity contribution in [2.24, 2.45) is 0 Å². The second-order valence-electron chi connectivity index (χ2n) is 6.10. The van der Waals surface area contributed by atoms with Gasteiger partial charge in [0.1, 0.15) is 6.04 Å². The average Bonchev–Trinajstić information content (AvgIpc) is 2.67. The number of pyridine rings is 1. The maximum atomic E-state index is 12.1. The number of fused-ring (bicyclic) bond motifs is 1. The Morgan fingerprint density at radius 1 is 1.00 bits per heavy atom. The number of benzene rings is 2. The Labute approximate surface area is 161 Å². The van der Waals surface area contributed by atoms with Gasteiger partial charge in [-0.1, -0.05) is 54.6 Å². The lowest BCUT2D eigenvalue weighted by Crippen LogP contribution is -2.41. The summed E-state index contributed by atoms with van der Waals surface area (Å²) in [5.41, 5.74) is 1.77. The van der Waals surface area contributed by atoms with Gasteiger partial charge in [-0.2, -0.15) is 0 Å². The molecule has 0 saturated heterocycles. The standard InChI is InChI=1S/C21H20N2O3S/c24-19(14-15-6-2-1-3-7-15)22-18(21(25)26)12-13-27-20-11-10-16-8-4-5-9-17(16)23-20/h1-11,18H,12-14H2,(H,22,24)(H,25,26)/t18-/m0/s1. The van der Waals surface area contributed by atoms with Crippen LogP contribution in [0.4, 0.5) is 0 Å².